The molecule has 0 aliphatic heterocycles. The first-order valence-corrected chi connectivity index (χ1v) is 4.44. The van der Waals surface area contributed by atoms with Gasteiger partial charge in [-0.1, -0.05) is 12.1 Å². The molecule has 2 rings (SSSR count). The number of hydrogen-bond acceptors (Lipinski definition) is 3. The fourth-order valence-electron chi connectivity index (χ4n) is 1.37. The van der Waals surface area contributed by atoms with Crippen LogP contribution in [0.4, 0.5) is 4.39 Å². The second kappa shape index (κ2) is 3.64. The molecule has 1 heterocycles. The van der Waals surface area contributed by atoms with Crippen LogP contribution in [0.25, 0.3) is 0 Å². The van der Waals surface area contributed by atoms with Gasteiger partial charge in [0.15, 0.2) is 0 Å². The van der Waals surface area contributed by atoms with Gasteiger partial charge >= 0.3 is 5.69 Å². The molecule has 1 N–H and O–H groups in total. The Morgan fingerprint density at radius 1 is 1.53 bits per heavy atom. The average molecular weight is 208 g/mol. The van der Waals surface area contributed by atoms with Crippen molar-refractivity contribution in [1.82, 2.24) is 20.2 Å². The third kappa shape index (κ3) is 1.78. The molecular formula is C9H9FN4O. The zero-order valence-corrected chi connectivity index (χ0v) is 8.01. The molecule has 0 aliphatic rings. The van der Waals surface area contributed by atoms with E-state index in [9.17, 15) is 9.18 Å². The molecule has 0 amide bonds. The number of aromatic amines is 1. The number of tetrazole rings is 1. The van der Waals surface area contributed by atoms with Crippen molar-refractivity contribution >= 4 is 0 Å². The van der Waals surface area contributed by atoms with E-state index in [2.05, 4.69) is 15.5 Å². The van der Waals surface area contributed by atoms with Crippen LogP contribution in [0.15, 0.2) is 29.1 Å². The summed E-state index contributed by atoms with van der Waals surface area (Å²) < 4.78 is 14.1. The van der Waals surface area contributed by atoms with Gasteiger partial charge < -0.3 is 0 Å². The SMILES string of the molecule is CC(c1cccc(F)c1)n1nn[nH]c1=O. The summed E-state index contributed by atoms with van der Waals surface area (Å²) in [6.07, 6.45) is 0. The highest BCUT2D eigenvalue weighted by Gasteiger charge is 2.12. The molecule has 1 unspecified atom stereocenters. The van der Waals surface area contributed by atoms with E-state index in [4.69, 9.17) is 0 Å². The second-order valence-electron chi connectivity index (χ2n) is 3.18. The van der Waals surface area contributed by atoms with E-state index in [1.54, 1.807) is 19.1 Å². The summed E-state index contributed by atoms with van der Waals surface area (Å²) >= 11 is 0. The summed E-state index contributed by atoms with van der Waals surface area (Å²) in [5.74, 6) is -0.337. The lowest BCUT2D eigenvalue weighted by Gasteiger charge is -2.09. The molecule has 78 valence electrons. The number of aromatic nitrogens is 4. The zero-order chi connectivity index (χ0) is 10.8. The largest absolute Gasteiger partial charge is 0.361 e. The predicted molar refractivity (Wildman–Crippen MR) is 50.9 cm³/mol. The molecule has 0 bridgehead atoms. The molecule has 15 heavy (non-hydrogen) atoms. The second-order valence-corrected chi connectivity index (χ2v) is 3.18. The monoisotopic (exact) mass is 208 g/mol. The van der Waals surface area contributed by atoms with E-state index in [1.807, 2.05) is 0 Å². The van der Waals surface area contributed by atoms with Crippen molar-refractivity contribution in [2.45, 2.75) is 13.0 Å². The van der Waals surface area contributed by atoms with Crippen molar-refractivity contribution in [2.75, 3.05) is 0 Å². The molecule has 1 aromatic heterocycles. The first-order valence-electron chi connectivity index (χ1n) is 4.44. The average Bonchev–Trinajstić information content (AvgIpc) is 2.63. The minimum absolute atomic E-state index is 0.337. The van der Waals surface area contributed by atoms with Crippen molar-refractivity contribution in [2.24, 2.45) is 0 Å². The molecule has 0 aliphatic carbocycles. The van der Waals surface area contributed by atoms with E-state index < -0.39 is 5.69 Å². The predicted octanol–water partition coefficient (Wildman–Crippen LogP) is 0.715. The highest BCUT2D eigenvalue weighted by molar-refractivity contribution is 5.19. The number of nitrogens with one attached hydrogen (secondary N) is 1. The topological polar surface area (TPSA) is 63.6 Å². The molecule has 5 nitrogen and oxygen atoms in total. The number of rotatable bonds is 2. The molecule has 1 atom stereocenters. The fraction of sp³-hybridized carbons (Fsp3) is 0.222. The first-order chi connectivity index (χ1) is 7.18. The van der Waals surface area contributed by atoms with Gasteiger partial charge in [-0.05, 0) is 35.0 Å². The molecule has 0 saturated heterocycles. The van der Waals surface area contributed by atoms with E-state index in [0.29, 0.717) is 5.56 Å². The third-order valence-corrected chi connectivity index (χ3v) is 2.19. The van der Waals surface area contributed by atoms with Crippen molar-refractivity contribution < 1.29 is 4.39 Å². The standard InChI is InChI=1S/C9H9FN4O/c1-6(14-9(15)11-12-13-14)7-3-2-4-8(10)5-7/h2-6H,1H3,(H,11,13,15). The zero-order valence-electron chi connectivity index (χ0n) is 8.01. The molecule has 6 heteroatoms. The minimum Gasteiger partial charge on any atom is -0.244 e. The van der Waals surface area contributed by atoms with Gasteiger partial charge in [-0.25, -0.2) is 14.3 Å². The van der Waals surface area contributed by atoms with Crippen LogP contribution in [0, 0.1) is 5.82 Å². The first kappa shape index (κ1) is 9.57. The lowest BCUT2D eigenvalue weighted by molar-refractivity contribution is 0.524. The maximum Gasteiger partial charge on any atom is 0.361 e. The Morgan fingerprint density at radius 2 is 2.33 bits per heavy atom. The Labute approximate surface area is 84.5 Å². The van der Waals surface area contributed by atoms with Gasteiger partial charge in [0.2, 0.25) is 0 Å². The number of benzene rings is 1. The van der Waals surface area contributed by atoms with Gasteiger partial charge in [-0.15, -0.1) is 0 Å². The van der Waals surface area contributed by atoms with Crippen LogP contribution in [0.1, 0.15) is 18.5 Å². The lowest BCUT2D eigenvalue weighted by Crippen LogP contribution is -2.22. The number of nitrogens with zero attached hydrogens (tertiary/aromatic N) is 3. The van der Waals surface area contributed by atoms with Gasteiger partial charge in [-0.3, -0.25) is 0 Å². The van der Waals surface area contributed by atoms with Crippen molar-refractivity contribution in [3.05, 3.63) is 46.1 Å². The van der Waals surface area contributed by atoms with E-state index in [1.165, 1.54) is 12.1 Å². The van der Waals surface area contributed by atoms with Crippen molar-refractivity contribution in [3.63, 3.8) is 0 Å². The Morgan fingerprint density at radius 3 is 2.93 bits per heavy atom. The van der Waals surface area contributed by atoms with Crippen LogP contribution in [0.3, 0.4) is 0 Å². The maximum absolute atomic E-state index is 12.9. The molecule has 0 fully saturated rings. The molecule has 1 aromatic carbocycles. The highest BCUT2D eigenvalue weighted by Crippen LogP contribution is 2.15. The smallest absolute Gasteiger partial charge is 0.244 e. The van der Waals surface area contributed by atoms with Gasteiger partial charge in [0.05, 0.1) is 6.04 Å². The van der Waals surface area contributed by atoms with Crippen LogP contribution >= 0.6 is 0 Å². The quantitative estimate of drug-likeness (QED) is 0.790. The summed E-state index contributed by atoms with van der Waals surface area (Å²) in [7, 11) is 0. The molecular weight excluding hydrogens is 199 g/mol. The number of hydrogen-bond donors (Lipinski definition) is 1. The molecule has 0 saturated carbocycles. The van der Waals surface area contributed by atoms with Crippen LogP contribution in [0.5, 0.6) is 0 Å². The molecule has 0 spiro atoms. The molecule has 0 radical (unpaired) electrons. The lowest BCUT2D eigenvalue weighted by atomic mass is 10.1. The summed E-state index contributed by atoms with van der Waals surface area (Å²) in [6, 6.07) is 5.70. The van der Waals surface area contributed by atoms with E-state index in [-0.39, 0.29) is 11.9 Å². The summed E-state index contributed by atoms with van der Waals surface area (Å²) in [4.78, 5) is 11.2. The summed E-state index contributed by atoms with van der Waals surface area (Å²) in [6.45, 7) is 1.75. The Kier molecular flexibility index (Phi) is 2.32. The minimum atomic E-state index is -0.410. The fourth-order valence-corrected chi connectivity index (χ4v) is 1.37. The summed E-state index contributed by atoms with van der Waals surface area (Å²) in [5, 5.41) is 9.16. The maximum atomic E-state index is 12.9. The normalized spacial score (nSPS) is 12.7. The van der Waals surface area contributed by atoms with Gasteiger partial charge in [0, 0.05) is 0 Å². The summed E-state index contributed by atoms with van der Waals surface area (Å²) in [5.41, 5.74) is 0.262. The van der Waals surface area contributed by atoms with Gasteiger partial charge in [-0.2, -0.15) is 4.68 Å². The number of halogens is 1. The van der Waals surface area contributed by atoms with Gasteiger partial charge in [0.1, 0.15) is 5.82 Å². The van der Waals surface area contributed by atoms with Crippen LogP contribution < -0.4 is 5.69 Å². The van der Waals surface area contributed by atoms with E-state index in [0.717, 1.165) is 4.68 Å². The Hall–Kier alpha value is -1.98. The van der Waals surface area contributed by atoms with E-state index >= 15 is 0 Å². The highest BCUT2D eigenvalue weighted by atomic mass is 19.1. The van der Waals surface area contributed by atoms with Crippen LogP contribution in [-0.2, 0) is 0 Å². The van der Waals surface area contributed by atoms with Crippen LogP contribution in [-0.4, -0.2) is 20.2 Å². The Balaban J connectivity index is 2.41. The van der Waals surface area contributed by atoms with Crippen molar-refractivity contribution in [3.8, 4) is 0 Å². The Bertz CT molecular complexity index is 519. The molecule has 2 aromatic rings. The van der Waals surface area contributed by atoms with Crippen molar-refractivity contribution in [1.29, 1.82) is 0 Å². The number of H-pyrrole nitrogens is 1. The van der Waals surface area contributed by atoms with Crippen LogP contribution in [0.2, 0.25) is 0 Å². The van der Waals surface area contributed by atoms with Gasteiger partial charge in [0.25, 0.3) is 0 Å². The third-order valence-electron chi connectivity index (χ3n) is 2.19.